The molecule has 16 heavy (non-hydrogen) atoms. The van der Waals surface area contributed by atoms with Gasteiger partial charge in [0.1, 0.15) is 5.82 Å². The van der Waals surface area contributed by atoms with Crippen molar-refractivity contribution in [2.45, 2.75) is 38.4 Å². The molecule has 5 nitrogen and oxygen atoms in total. The minimum absolute atomic E-state index is 0.0190. The second-order valence-corrected chi connectivity index (χ2v) is 4.44. The summed E-state index contributed by atoms with van der Waals surface area (Å²) in [6, 6.07) is -0.0592. The molecular weight excluding hydrogens is 204 g/mol. The molecule has 1 aliphatic rings. The van der Waals surface area contributed by atoms with Gasteiger partial charge in [0.05, 0.1) is 12.6 Å². The second-order valence-electron chi connectivity index (χ2n) is 4.44. The molecule has 1 saturated carbocycles. The topological polar surface area (TPSA) is 64.2 Å². The Hall–Kier alpha value is -1.36. The fraction of sp³-hybridized carbons (Fsp3) is 0.636. The van der Waals surface area contributed by atoms with E-state index in [1.165, 1.54) is 0 Å². The van der Waals surface area contributed by atoms with E-state index >= 15 is 0 Å². The molecule has 0 radical (unpaired) electrons. The van der Waals surface area contributed by atoms with Crippen LogP contribution in [-0.2, 0) is 18.4 Å². The lowest BCUT2D eigenvalue weighted by molar-refractivity contribution is -0.133. The van der Waals surface area contributed by atoms with E-state index in [1.807, 2.05) is 22.7 Å². The average Bonchev–Trinajstić information content (AvgIpc) is 2.99. The predicted molar refractivity (Wildman–Crippen MR) is 60.4 cm³/mol. The molecule has 1 aromatic rings. The molecule has 2 rings (SSSR count). The Morgan fingerprint density at radius 3 is 2.88 bits per heavy atom. The molecule has 5 heteroatoms. The zero-order valence-electron chi connectivity index (χ0n) is 9.76. The molecule has 1 atom stereocenters. The van der Waals surface area contributed by atoms with Crippen LogP contribution in [-0.4, -0.2) is 32.4 Å². The molecule has 1 unspecified atom stereocenters. The van der Waals surface area contributed by atoms with Crippen molar-refractivity contribution in [3.8, 4) is 0 Å². The minimum Gasteiger partial charge on any atom is -0.337 e. The van der Waals surface area contributed by atoms with Crippen LogP contribution in [0.15, 0.2) is 12.4 Å². The smallest absolute Gasteiger partial charge is 0.239 e. The van der Waals surface area contributed by atoms with Gasteiger partial charge in [-0.25, -0.2) is 4.98 Å². The van der Waals surface area contributed by atoms with E-state index in [9.17, 15) is 4.79 Å². The highest BCUT2D eigenvalue weighted by Gasteiger charge is 2.34. The largest absolute Gasteiger partial charge is 0.337 e. The molecular formula is C11H18N4O. The Balaban J connectivity index is 2.09. The van der Waals surface area contributed by atoms with Gasteiger partial charge in [0.2, 0.25) is 5.91 Å². The van der Waals surface area contributed by atoms with Gasteiger partial charge in [-0.05, 0) is 19.8 Å². The Kier molecular flexibility index (Phi) is 2.96. The summed E-state index contributed by atoms with van der Waals surface area (Å²) in [6.45, 7) is 2.30. The Morgan fingerprint density at radius 2 is 2.44 bits per heavy atom. The van der Waals surface area contributed by atoms with Crippen molar-refractivity contribution in [1.29, 1.82) is 0 Å². The standard InChI is InChI=1S/C11H18N4O/c1-8(12)11(16)15(9-3-4-9)7-10-13-5-6-14(10)2/h5-6,8-9H,3-4,7,12H2,1-2H3. The molecule has 88 valence electrons. The number of hydrogen-bond acceptors (Lipinski definition) is 3. The molecule has 1 amide bonds. The first kappa shape index (κ1) is 11.1. The zero-order chi connectivity index (χ0) is 11.7. The van der Waals surface area contributed by atoms with Crippen molar-refractivity contribution in [2.75, 3.05) is 0 Å². The van der Waals surface area contributed by atoms with E-state index in [1.54, 1.807) is 13.1 Å². The maximum absolute atomic E-state index is 11.9. The number of rotatable bonds is 4. The highest BCUT2D eigenvalue weighted by Crippen LogP contribution is 2.28. The predicted octanol–water partition coefficient (Wildman–Crippen LogP) is 0.258. The quantitative estimate of drug-likeness (QED) is 0.794. The van der Waals surface area contributed by atoms with Gasteiger partial charge in [0.15, 0.2) is 0 Å². The monoisotopic (exact) mass is 222 g/mol. The number of hydrogen-bond donors (Lipinski definition) is 1. The Labute approximate surface area is 95.2 Å². The van der Waals surface area contributed by atoms with Gasteiger partial charge in [-0.15, -0.1) is 0 Å². The van der Waals surface area contributed by atoms with Gasteiger partial charge in [-0.3, -0.25) is 4.79 Å². The van der Waals surface area contributed by atoms with Crippen molar-refractivity contribution in [3.05, 3.63) is 18.2 Å². The molecule has 2 N–H and O–H groups in total. The van der Waals surface area contributed by atoms with Gasteiger partial charge in [0.25, 0.3) is 0 Å². The molecule has 0 bridgehead atoms. The summed E-state index contributed by atoms with van der Waals surface area (Å²) < 4.78 is 1.93. The van der Waals surface area contributed by atoms with Gasteiger partial charge in [0, 0.05) is 25.5 Å². The first-order valence-electron chi connectivity index (χ1n) is 5.62. The number of nitrogens with two attached hydrogens (primary N) is 1. The van der Waals surface area contributed by atoms with Crippen molar-refractivity contribution in [2.24, 2.45) is 12.8 Å². The van der Waals surface area contributed by atoms with E-state index in [-0.39, 0.29) is 5.91 Å². The summed E-state index contributed by atoms with van der Waals surface area (Å²) in [5.74, 6) is 0.923. The SMILES string of the molecule is CC(N)C(=O)N(Cc1nccn1C)C1CC1. The first-order chi connectivity index (χ1) is 7.59. The fourth-order valence-electron chi connectivity index (χ4n) is 1.74. The van der Waals surface area contributed by atoms with E-state index in [2.05, 4.69) is 4.98 Å². The van der Waals surface area contributed by atoms with Gasteiger partial charge >= 0.3 is 0 Å². The van der Waals surface area contributed by atoms with Crippen molar-refractivity contribution in [3.63, 3.8) is 0 Å². The van der Waals surface area contributed by atoms with Crippen LogP contribution in [0.25, 0.3) is 0 Å². The molecule has 0 aliphatic heterocycles. The van der Waals surface area contributed by atoms with E-state index in [0.717, 1.165) is 18.7 Å². The highest BCUT2D eigenvalue weighted by atomic mass is 16.2. The zero-order valence-corrected chi connectivity index (χ0v) is 9.76. The maximum atomic E-state index is 11.9. The van der Waals surface area contributed by atoms with Gasteiger partial charge in [-0.2, -0.15) is 0 Å². The lowest BCUT2D eigenvalue weighted by Crippen LogP contribution is -2.43. The first-order valence-corrected chi connectivity index (χ1v) is 5.62. The molecule has 1 aromatic heterocycles. The Morgan fingerprint density at radius 1 is 1.75 bits per heavy atom. The number of carbonyl (C=O) groups is 1. The van der Waals surface area contributed by atoms with E-state index < -0.39 is 6.04 Å². The van der Waals surface area contributed by atoms with Crippen LogP contribution in [0.5, 0.6) is 0 Å². The van der Waals surface area contributed by atoms with Crippen LogP contribution in [0.4, 0.5) is 0 Å². The van der Waals surface area contributed by atoms with Gasteiger partial charge in [-0.1, -0.05) is 0 Å². The lowest BCUT2D eigenvalue weighted by Gasteiger charge is -2.23. The molecule has 0 aromatic carbocycles. The number of amides is 1. The summed E-state index contributed by atoms with van der Waals surface area (Å²) >= 11 is 0. The number of nitrogens with zero attached hydrogens (tertiary/aromatic N) is 3. The van der Waals surface area contributed by atoms with Gasteiger partial charge < -0.3 is 15.2 Å². The molecule has 0 spiro atoms. The summed E-state index contributed by atoms with van der Waals surface area (Å²) in [6.07, 6.45) is 5.80. The average molecular weight is 222 g/mol. The molecule has 0 saturated heterocycles. The van der Waals surface area contributed by atoms with Crippen LogP contribution in [0, 0.1) is 0 Å². The normalized spacial score (nSPS) is 17.2. The second kappa shape index (κ2) is 4.25. The van der Waals surface area contributed by atoms with Crippen LogP contribution < -0.4 is 5.73 Å². The highest BCUT2D eigenvalue weighted by molar-refractivity contribution is 5.81. The van der Waals surface area contributed by atoms with Crippen molar-refractivity contribution < 1.29 is 4.79 Å². The fourth-order valence-corrected chi connectivity index (χ4v) is 1.74. The van der Waals surface area contributed by atoms with E-state index in [4.69, 9.17) is 5.73 Å². The van der Waals surface area contributed by atoms with Crippen LogP contribution in [0.2, 0.25) is 0 Å². The number of imidazole rings is 1. The summed E-state index contributed by atoms with van der Waals surface area (Å²) in [4.78, 5) is 18.0. The third-order valence-corrected chi connectivity index (χ3v) is 2.89. The summed E-state index contributed by atoms with van der Waals surface area (Å²) in [5, 5.41) is 0. The molecule has 1 fully saturated rings. The molecule has 1 aliphatic carbocycles. The number of aromatic nitrogens is 2. The summed E-state index contributed by atoms with van der Waals surface area (Å²) in [7, 11) is 1.93. The van der Waals surface area contributed by atoms with Crippen molar-refractivity contribution >= 4 is 5.91 Å². The molecule has 1 heterocycles. The van der Waals surface area contributed by atoms with Crippen LogP contribution in [0.3, 0.4) is 0 Å². The van der Waals surface area contributed by atoms with E-state index in [0.29, 0.717) is 12.6 Å². The Bertz CT molecular complexity index is 381. The van der Waals surface area contributed by atoms with Crippen LogP contribution >= 0.6 is 0 Å². The third-order valence-electron chi connectivity index (χ3n) is 2.89. The van der Waals surface area contributed by atoms with Crippen molar-refractivity contribution in [1.82, 2.24) is 14.5 Å². The number of carbonyl (C=O) groups excluding carboxylic acids is 1. The lowest BCUT2D eigenvalue weighted by atomic mass is 10.3. The third kappa shape index (κ3) is 2.24. The summed E-state index contributed by atoms with van der Waals surface area (Å²) in [5.41, 5.74) is 5.65. The maximum Gasteiger partial charge on any atom is 0.239 e. The number of aryl methyl sites for hydroxylation is 1. The minimum atomic E-state index is -0.430. The van der Waals surface area contributed by atoms with Crippen LogP contribution in [0.1, 0.15) is 25.6 Å².